The maximum Gasteiger partial charge on any atom is 0.326 e. The second-order valence-corrected chi connectivity index (χ2v) is 8.98. The summed E-state index contributed by atoms with van der Waals surface area (Å²) in [4.78, 5) is 76.3. The van der Waals surface area contributed by atoms with Gasteiger partial charge in [-0.3, -0.25) is 29.0 Å². The number of benzene rings is 1. The van der Waals surface area contributed by atoms with Gasteiger partial charge in [0.1, 0.15) is 23.9 Å². The van der Waals surface area contributed by atoms with Gasteiger partial charge in [0.2, 0.25) is 17.7 Å². The molecule has 13 N–H and O–H groups in total. The number of rotatable bonds is 18. The van der Waals surface area contributed by atoms with Crippen LogP contribution in [0.3, 0.4) is 0 Å². The van der Waals surface area contributed by atoms with Crippen LogP contribution in [0.5, 0.6) is 5.75 Å². The summed E-state index contributed by atoms with van der Waals surface area (Å²) in [5.74, 6) is -7.44. The van der Waals surface area contributed by atoms with E-state index in [4.69, 9.17) is 22.3 Å². The number of hydrogen-bond donors (Lipinski definition) is 10. The number of nitrogens with two attached hydrogens (primary N) is 3. The molecule has 1 aromatic rings. The zero-order valence-electron chi connectivity index (χ0n) is 22.0. The number of carbonyl (C=O) groups excluding carboxylic acids is 3. The van der Waals surface area contributed by atoms with Gasteiger partial charge in [0.25, 0.3) is 0 Å². The number of aromatic hydroxyl groups is 1. The van der Waals surface area contributed by atoms with Crippen LogP contribution in [0, 0.1) is 0 Å². The van der Waals surface area contributed by atoms with E-state index in [1.165, 1.54) is 24.3 Å². The predicted molar refractivity (Wildman–Crippen MR) is 142 cm³/mol. The van der Waals surface area contributed by atoms with E-state index in [9.17, 15) is 44.1 Å². The summed E-state index contributed by atoms with van der Waals surface area (Å²) in [5.41, 5.74) is 16.7. The highest BCUT2D eigenvalue weighted by molar-refractivity contribution is 5.95. The summed E-state index contributed by atoms with van der Waals surface area (Å²) in [7, 11) is 0. The van der Waals surface area contributed by atoms with Crippen LogP contribution in [-0.2, 0) is 35.2 Å². The minimum absolute atomic E-state index is 0.0859. The molecule has 0 aliphatic carbocycles. The van der Waals surface area contributed by atoms with E-state index >= 15 is 0 Å². The van der Waals surface area contributed by atoms with Crippen molar-refractivity contribution in [2.24, 2.45) is 22.2 Å². The van der Waals surface area contributed by atoms with Crippen molar-refractivity contribution in [3.63, 3.8) is 0 Å². The number of carboxylic acid groups (broad SMARTS) is 3. The molecule has 0 radical (unpaired) electrons. The molecule has 0 bridgehead atoms. The van der Waals surface area contributed by atoms with Gasteiger partial charge in [-0.2, -0.15) is 0 Å². The number of aliphatic carboxylic acids is 3. The fourth-order valence-corrected chi connectivity index (χ4v) is 3.46. The van der Waals surface area contributed by atoms with Gasteiger partial charge in [-0.25, -0.2) is 4.79 Å². The molecule has 4 atom stereocenters. The predicted octanol–water partition coefficient (Wildman–Crippen LogP) is -2.81. The summed E-state index contributed by atoms with van der Waals surface area (Å²) in [6.45, 7) is 0.181. The van der Waals surface area contributed by atoms with Gasteiger partial charge in [-0.15, -0.1) is 0 Å². The van der Waals surface area contributed by atoms with Crippen molar-refractivity contribution in [3.8, 4) is 5.75 Å². The Kier molecular flexibility index (Phi) is 14.1. The Balaban J connectivity index is 3.10. The SMILES string of the molecule is NC(N)=NCCCC(N)C(=O)NC(CC(=O)O)C(=O)NC(Cc1ccc(O)cc1)C(=O)NC(CCC(=O)O)C(=O)O. The molecular formula is C24H35N7O10. The minimum atomic E-state index is -1.67. The Labute approximate surface area is 234 Å². The summed E-state index contributed by atoms with van der Waals surface area (Å²) in [6.07, 6.45) is -1.71. The van der Waals surface area contributed by atoms with E-state index in [2.05, 4.69) is 20.9 Å². The number of carbonyl (C=O) groups is 6. The average Bonchev–Trinajstić information content (AvgIpc) is 2.88. The number of carboxylic acids is 3. The van der Waals surface area contributed by atoms with E-state index in [0.29, 0.717) is 12.0 Å². The first kappa shape index (κ1) is 34.1. The lowest BCUT2D eigenvalue weighted by atomic mass is 10.0. The van der Waals surface area contributed by atoms with Crippen molar-refractivity contribution in [3.05, 3.63) is 29.8 Å². The molecule has 0 saturated heterocycles. The number of phenolic OH excluding ortho intramolecular Hbond substituents is 1. The lowest BCUT2D eigenvalue weighted by molar-refractivity contribution is -0.144. The van der Waals surface area contributed by atoms with Gasteiger partial charge in [0.15, 0.2) is 5.96 Å². The van der Waals surface area contributed by atoms with Crippen LogP contribution in [-0.4, -0.2) is 92.7 Å². The molecule has 0 heterocycles. The van der Waals surface area contributed by atoms with Gasteiger partial charge in [-0.05, 0) is 37.0 Å². The fourth-order valence-electron chi connectivity index (χ4n) is 3.46. The quantitative estimate of drug-likeness (QED) is 0.0476. The first-order chi connectivity index (χ1) is 19.2. The molecule has 226 valence electrons. The Hall–Kier alpha value is -4.93. The molecule has 0 aliphatic heterocycles. The first-order valence-electron chi connectivity index (χ1n) is 12.4. The zero-order valence-corrected chi connectivity index (χ0v) is 22.0. The normalized spacial score (nSPS) is 13.5. The van der Waals surface area contributed by atoms with E-state index in [-0.39, 0.29) is 31.1 Å². The molecule has 17 heteroatoms. The van der Waals surface area contributed by atoms with Crippen LogP contribution in [0.15, 0.2) is 29.3 Å². The molecule has 1 aromatic carbocycles. The Morgan fingerprint density at radius 3 is 1.88 bits per heavy atom. The Bertz CT molecular complexity index is 1120. The van der Waals surface area contributed by atoms with Crippen LogP contribution in [0.4, 0.5) is 0 Å². The number of hydrogen-bond acceptors (Lipinski definition) is 9. The number of phenols is 1. The molecule has 0 fully saturated rings. The molecule has 0 spiro atoms. The van der Waals surface area contributed by atoms with Gasteiger partial charge in [-0.1, -0.05) is 12.1 Å². The van der Waals surface area contributed by atoms with Crippen molar-refractivity contribution in [1.29, 1.82) is 0 Å². The van der Waals surface area contributed by atoms with Crippen LogP contribution in [0.25, 0.3) is 0 Å². The molecule has 4 unspecified atom stereocenters. The minimum Gasteiger partial charge on any atom is -0.508 e. The average molecular weight is 582 g/mol. The largest absolute Gasteiger partial charge is 0.508 e. The highest BCUT2D eigenvalue weighted by Gasteiger charge is 2.31. The molecule has 1 rings (SSSR count). The third-order valence-corrected chi connectivity index (χ3v) is 5.59. The number of nitrogens with one attached hydrogen (secondary N) is 3. The van der Waals surface area contributed by atoms with Crippen molar-refractivity contribution < 1.29 is 49.2 Å². The van der Waals surface area contributed by atoms with Crippen molar-refractivity contribution >= 4 is 41.6 Å². The van der Waals surface area contributed by atoms with Gasteiger partial charge < -0.3 is 53.6 Å². The summed E-state index contributed by atoms with van der Waals surface area (Å²) >= 11 is 0. The maximum atomic E-state index is 13.1. The zero-order chi connectivity index (χ0) is 31.1. The molecule has 3 amide bonds. The Morgan fingerprint density at radius 1 is 0.780 bits per heavy atom. The van der Waals surface area contributed by atoms with Gasteiger partial charge >= 0.3 is 17.9 Å². The van der Waals surface area contributed by atoms with E-state index in [1.54, 1.807) is 0 Å². The molecule has 0 aromatic heterocycles. The summed E-state index contributed by atoms with van der Waals surface area (Å²) in [5, 5.41) is 43.8. The maximum absolute atomic E-state index is 13.1. The molecule has 17 nitrogen and oxygen atoms in total. The fraction of sp³-hybridized carbons (Fsp3) is 0.458. The smallest absolute Gasteiger partial charge is 0.326 e. The van der Waals surface area contributed by atoms with Crippen molar-refractivity contribution in [1.82, 2.24) is 16.0 Å². The Morgan fingerprint density at radius 2 is 1.34 bits per heavy atom. The third-order valence-electron chi connectivity index (χ3n) is 5.59. The highest BCUT2D eigenvalue weighted by atomic mass is 16.4. The van der Waals surface area contributed by atoms with Gasteiger partial charge in [0.05, 0.1) is 12.5 Å². The molecular weight excluding hydrogens is 546 g/mol. The van der Waals surface area contributed by atoms with Crippen molar-refractivity contribution in [2.75, 3.05) is 6.54 Å². The third kappa shape index (κ3) is 13.6. The van der Waals surface area contributed by atoms with E-state index in [0.717, 1.165) is 0 Å². The second-order valence-electron chi connectivity index (χ2n) is 8.98. The topological polar surface area (TPSA) is 310 Å². The lowest BCUT2D eigenvalue weighted by Gasteiger charge is -2.25. The number of nitrogens with zero attached hydrogens (tertiary/aromatic N) is 1. The number of amides is 3. The molecule has 0 saturated carbocycles. The molecule has 41 heavy (non-hydrogen) atoms. The van der Waals surface area contributed by atoms with Gasteiger partial charge in [0, 0.05) is 19.4 Å². The highest BCUT2D eigenvalue weighted by Crippen LogP contribution is 2.12. The second kappa shape index (κ2) is 16.9. The standard InChI is InChI=1S/C24H35N7O10/c25-14(2-1-9-28-24(26)27)20(37)30-17(11-19(35)36)22(39)31-16(10-12-3-5-13(32)6-4-12)21(38)29-15(23(40)41)7-8-18(33)34/h3-6,14-17,32H,1-2,7-11,25H2,(H,29,38)(H,30,37)(H,31,39)(H,33,34)(H,35,36)(H,40,41)(H4,26,27,28). The number of aliphatic imine (C=N–C) groups is 1. The van der Waals surface area contributed by atoms with E-state index in [1.807, 2.05) is 0 Å². The number of guanidine groups is 1. The molecule has 0 aliphatic rings. The summed E-state index contributed by atoms with van der Waals surface area (Å²) in [6, 6.07) is -0.430. The summed E-state index contributed by atoms with van der Waals surface area (Å²) < 4.78 is 0. The monoisotopic (exact) mass is 581 g/mol. The first-order valence-corrected chi connectivity index (χ1v) is 12.4. The lowest BCUT2D eigenvalue weighted by Crippen LogP contribution is -2.58. The van der Waals surface area contributed by atoms with Crippen LogP contribution in [0.1, 0.15) is 37.7 Å². The van der Waals surface area contributed by atoms with Crippen molar-refractivity contribution in [2.45, 2.75) is 62.7 Å². The van der Waals surface area contributed by atoms with Crippen LogP contribution in [0.2, 0.25) is 0 Å². The van der Waals surface area contributed by atoms with Crippen LogP contribution < -0.4 is 33.2 Å². The van der Waals surface area contributed by atoms with E-state index < -0.39 is 79.1 Å². The van der Waals surface area contributed by atoms with Crippen LogP contribution >= 0.6 is 0 Å².